The largest absolute Gasteiger partial charge is 0.382 e. The van der Waals surface area contributed by atoms with E-state index >= 15 is 0 Å². The van der Waals surface area contributed by atoms with Crippen molar-refractivity contribution in [3.05, 3.63) is 30.1 Å². The fraction of sp³-hybridized carbons (Fsp3) is 0.571. The van der Waals surface area contributed by atoms with Gasteiger partial charge in [-0.3, -0.25) is 0 Å². The Bertz CT molecular complexity index is 337. The first-order valence-corrected chi connectivity index (χ1v) is 7.58. The molecule has 0 bridgehead atoms. The highest BCUT2D eigenvalue weighted by Gasteiger charge is 2.14. The van der Waals surface area contributed by atoms with Crippen molar-refractivity contribution in [1.82, 2.24) is 0 Å². The van der Waals surface area contributed by atoms with Gasteiger partial charge in [0.05, 0.1) is 5.69 Å². The van der Waals surface area contributed by atoms with Crippen LogP contribution in [-0.2, 0) is 0 Å². The molecule has 17 heavy (non-hydrogen) atoms. The predicted octanol–water partition coefficient (Wildman–Crippen LogP) is 4.16. The summed E-state index contributed by atoms with van der Waals surface area (Å²) in [5, 5.41) is 3.14. The first-order chi connectivity index (χ1) is 8.36. The standard InChI is InChI=1S/C14H20FNS/c15-13-7-3-4-8-14(13)16-9-10-17-11-12-5-1-2-6-12/h3-4,7-8,12,16H,1-2,5-6,9-11H2. The van der Waals surface area contributed by atoms with E-state index in [0.717, 1.165) is 18.2 Å². The Morgan fingerprint density at radius 1 is 1.24 bits per heavy atom. The topological polar surface area (TPSA) is 12.0 Å². The van der Waals surface area contributed by atoms with Crippen molar-refractivity contribution >= 4 is 17.4 Å². The zero-order chi connectivity index (χ0) is 11.9. The highest BCUT2D eigenvalue weighted by Crippen LogP contribution is 2.27. The van der Waals surface area contributed by atoms with Gasteiger partial charge in [0.25, 0.3) is 0 Å². The SMILES string of the molecule is Fc1ccccc1NCCSCC1CCCC1. The average Bonchev–Trinajstić information content (AvgIpc) is 2.84. The number of halogens is 1. The lowest BCUT2D eigenvalue weighted by molar-refractivity contribution is 0.623. The van der Waals surface area contributed by atoms with E-state index in [1.54, 1.807) is 12.1 Å². The van der Waals surface area contributed by atoms with Crippen LogP contribution in [0.15, 0.2) is 24.3 Å². The van der Waals surface area contributed by atoms with Gasteiger partial charge in [0.1, 0.15) is 5.82 Å². The molecule has 1 aromatic carbocycles. The minimum atomic E-state index is -0.159. The van der Waals surface area contributed by atoms with Gasteiger partial charge in [0, 0.05) is 12.3 Å². The number of rotatable bonds is 6. The fourth-order valence-corrected chi connectivity index (χ4v) is 3.37. The van der Waals surface area contributed by atoms with Gasteiger partial charge in [-0.05, 0) is 36.6 Å². The third-order valence-corrected chi connectivity index (χ3v) is 4.46. The van der Waals surface area contributed by atoms with Crippen LogP contribution in [-0.4, -0.2) is 18.1 Å². The number of benzene rings is 1. The summed E-state index contributed by atoms with van der Waals surface area (Å²) in [6.45, 7) is 0.846. The summed E-state index contributed by atoms with van der Waals surface area (Å²) < 4.78 is 13.3. The van der Waals surface area contributed by atoms with Crippen LogP contribution in [0.4, 0.5) is 10.1 Å². The van der Waals surface area contributed by atoms with Crippen LogP contribution in [0.5, 0.6) is 0 Å². The van der Waals surface area contributed by atoms with Crippen molar-refractivity contribution < 1.29 is 4.39 Å². The molecule has 0 amide bonds. The lowest BCUT2D eigenvalue weighted by Gasteiger charge is -2.09. The van der Waals surface area contributed by atoms with Crippen LogP contribution in [0.1, 0.15) is 25.7 Å². The zero-order valence-corrected chi connectivity index (χ0v) is 10.9. The third kappa shape index (κ3) is 4.23. The Labute approximate surface area is 107 Å². The first-order valence-electron chi connectivity index (χ1n) is 6.42. The molecule has 0 atom stereocenters. The predicted molar refractivity (Wildman–Crippen MR) is 74.2 cm³/mol. The second-order valence-electron chi connectivity index (χ2n) is 4.63. The summed E-state index contributed by atoms with van der Waals surface area (Å²) in [5.74, 6) is 3.12. The van der Waals surface area contributed by atoms with E-state index in [0.29, 0.717) is 5.69 Å². The summed E-state index contributed by atoms with van der Waals surface area (Å²) in [6, 6.07) is 6.86. The maximum Gasteiger partial charge on any atom is 0.146 e. The third-order valence-electron chi connectivity index (χ3n) is 3.26. The highest BCUT2D eigenvalue weighted by atomic mass is 32.2. The number of hydrogen-bond acceptors (Lipinski definition) is 2. The van der Waals surface area contributed by atoms with E-state index < -0.39 is 0 Å². The molecule has 1 nitrogen and oxygen atoms in total. The molecule has 0 aliphatic heterocycles. The highest BCUT2D eigenvalue weighted by molar-refractivity contribution is 7.99. The second kappa shape index (κ2) is 6.90. The number of hydrogen-bond donors (Lipinski definition) is 1. The molecule has 0 radical (unpaired) electrons. The molecule has 0 heterocycles. The zero-order valence-electron chi connectivity index (χ0n) is 10.1. The molecular formula is C14H20FNS. The Morgan fingerprint density at radius 3 is 2.76 bits per heavy atom. The molecule has 3 heteroatoms. The summed E-state index contributed by atoms with van der Waals surface area (Å²) in [5.41, 5.74) is 0.619. The molecule has 0 aromatic heterocycles. The summed E-state index contributed by atoms with van der Waals surface area (Å²) in [6.07, 6.45) is 5.65. The molecule has 1 aliphatic rings. The van der Waals surface area contributed by atoms with Crippen molar-refractivity contribution in [1.29, 1.82) is 0 Å². The van der Waals surface area contributed by atoms with Crippen LogP contribution < -0.4 is 5.32 Å². The van der Waals surface area contributed by atoms with Gasteiger partial charge in [-0.2, -0.15) is 11.8 Å². The Hall–Kier alpha value is -0.700. The quantitative estimate of drug-likeness (QED) is 0.764. The first kappa shape index (κ1) is 12.7. The molecule has 0 saturated heterocycles. The number of nitrogens with one attached hydrogen (secondary N) is 1. The lowest BCUT2D eigenvalue weighted by Crippen LogP contribution is -2.07. The lowest BCUT2D eigenvalue weighted by atomic mass is 10.1. The molecule has 1 N–H and O–H groups in total. The molecule has 1 aliphatic carbocycles. The maximum absolute atomic E-state index is 13.3. The number of para-hydroxylation sites is 1. The van der Waals surface area contributed by atoms with Crippen molar-refractivity contribution in [2.45, 2.75) is 25.7 Å². The summed E-state index contributed by atoms with van der Waals surface area (Å²) >= 11 is 1.99. The smallest absolute Gasteiger partial charge is 0.146 e. The van der Waals surface area contributed by atoms with Gasteiger partial charge in [-0.15, -0.1) is 0 Å². The molecule has 1 fully saturated rings. The molecule has 1 saturated carbocycles. The molecule has 1 aromatic rings. The molecule has 0 unspecified atom stereocenters. The Balaban J connectivity index is 1.58. The Kier molecular flexibility index (Phi) is 5.17. The number of anilines is 1. The van der Waals surface area contributed by atoms with Gasteiger partial charge in [0.2, 0.25) is 0 Å². The van der Waals surface area contributed by atoms with Crippen LogP contribution in [0.3, 0.4) is 0 Å². The van der Waals surface area contributed by atoms with Crippen LogP contribution in [0.2, 0.25) is 0 Å². The second-order valence-corrected chi connectivity index (χ2v) is 5.78. The van der Waals surface area contributed by atoms with Crippen LogP contribution in [0, 0.1) is 11.7 Å². The molecule has 0 spiro atoms. The van der Waals surface area contributed by atoms with Crippen LogP contribution >= 0.6 is 11.8 Å². The van der Waals surface area contributed by atoms with Gasteiger partial charge < -0.3 is 5.32 Å². The van der Waals surface area contributed by atoms with Gasteiger partial charge >= 0.3 is 0 Å². The fourth-order valence-electron chi connectivity index (χ4n) is 2.29. The van der Waals surface area contributed by atoms with Crippen molar-refractivity contribution in [3.63, 3.8) is 0 Å². The minimum absolute atomic E-state index is 0.159. The summed E-state index contributed by atoms with van der Waals surface area (Å²) in [4.78, 5) is 0. The van der Waals surface area contributed by atoms with Crippen molar-refractivity contribution in [3.8, 4) is 0 Å². The van der Waals surface area contributed by atoms with Gasteiger partial charge in [0.15, 0.2) is 0 Å². The van der Waals surface area contributed by atoms with Gasteiger partial charge in [-0.25, -0.2) is 4.39 Å². The molecule has 2 rings (SSSR count). The summed E-state index contributed by atoms with van der Waals surface area (Å²) in [7, 11) is 0. The van der Waals surface area contributed by atoms with E-state index in [2.05, 4.69) is 5.32 Å². The van der Waals surface area contributed by atoms with E-state index in [4.69, 9.17) is 0 Å². The monoisotopic (exact) mass is 253 g/mol. The molecule has 94 valence electrons. The van der Waals surface area contributed by atoms with Crippen molar-refractivity contribution in [2.75, 3.05) is 23.4 Å². The van der Waals surface area contributed by atoms with E-state index in [9.17, 15) is 4.39 Å². The van der Waals surface area contributed by atoms with E-state index in [1.165, 1.54) is 37.5 Å². The van der Waals surface area contributed by atoms with E-state index in [1.807, 2.05) is 17.8 Å². The number of thioether (sulfide) groups is 1. The molecular weight excluding hydrogens is 233 g/mol. The Morgan fingerprint density at radius 2 is 2.00 bits per heavy atom. The van der Waals surface area contributed by atoms with Crippen molar-refractivity contribution in [2.24, 2.45) is 5.92 Å². The minimum Gasteiger partial charge on any atom is -0.382 e. The van der Waals surface area contributed by atoms with Crippen LogP contribution in [0.25, 0.3) is 0 Å². The normalized spacial score (nSPS) is 16.3. The average molecular weight is 253 g/mol. The maximum atomic E-state index is 13.3. The van der Waals surface area contributed by atoms with Gasteiger partial charge in [-0.1, -0.05) is 25.0 Å². The van der Waals surface area contributed by atoms with E-state index in [-0.39, 0.29) is 5.82 Å².